The molecule has 3 heterocycles. The summed E-state index contributed by atoms with van der Waals surface area (Å²) in [4.78, 5) is 8.28. The van der Waals surface area contributed by atoms with Gasteiger partial charge in [0, 0.05) is 18.0 Å². The predicted octanol–water partition coefficient (Wildman–Crippen LogP) is 2.03. The number of pyridine rings is 1. The Hall–Kier alpha value is -2.14. The highest BCUT2D eigenvalue weighted by Crippen LogP contribution is 2.21. The first-order valence-corrected chi connectivity index (χ1v) is 5.33. The summed E-state index contributed by atoms with van der Waals surface area (Å²) in [7, 11) is 0. The van der Waals surface area contributed by atoms with Gasteiger partial charge in [-0.05, 0) is 18.2 Å². The van der Waals surface area contributed by atoms with Gasteiger partial charge in [-0.1, -0.05) is 11.6 Å². The summed E-state index contributed by atoms with van der Waals surface area (Å²) >= 11 is 5.87. The minimum absolute atomic E-state index is 0.411. The standard InChI is InChI=1S/C11H8ClN5/c12-10-1-2-11-15-6-9(17(11)16-10)7-3-8(13)5-14-4-7/h1-6H,13H2. The maximum atomic E-state index is 5.87. The van der Waals surface area contributed by atoms with Gasteiger partial charge in [-0.2, -0.15) is 5.10 Å². The normalized spacial score (nSPS) is 10.9. The molecule has 3 aromatic rings. The Kier molecular flexibility index (Phi) is 2.19. The van der Waals surface area contributed by atoms with Gasteiger partial charge in [-0.3, -0.25) is 4.98 Å². The molecule has 3 rings (SSSR count). The van der Waals surface area contributed by atoms with Crippen LogP contribution in [-0.2, 0) is 0 Å². The second-order valence-corrected chi connectivity index (χ2v) is 3.96. The lowest BCUT2D eigenvalue weighted by Gasteiger charge is -2.01. The molecule has 0 amide bonds. The van der Waals surface area contributed by atoms with E-state index in [1.807, 2.05) is 6.07 Å². The number of fused-ring (bicyclic) bond motifs is 1. The molecule has 0 aliphatic heterocycles. The van der Waals surface area contributed by atoms with Crippen LogP contribution in [0.25, 0.3) is 16.9 Å². The SMILES string of the molecule is Nc1cncc(-c2cnc3ccc(Cl)nn23)c1. The number of hydrogen-bond donors (Lipinski definition) is 1. The summed E-state index contributed by atoms with van der Waals surface area (Å²) < 4.78 is 1.67. The summed E-state index contributed by atoms with van der Waals surface area (Å²) in [5.41, 5.74) is 8.69. The van der Waals surface area contributed by atoms with E-state index in [2.05, 4.69) is 15.1 Å². The summed E-state index contributed by atoms with van der Waals surface area (Å²) in [6.07, 6.45) is 5.02. The van der Waals surface area contributed by atoms with Crippen LogP contribution < -0.4 is 5.73 Å². The molecular weight excluding hydrogens is 238 g/mol. The van der Waals surface area contributed by atoms with Crippen molar-refractivity contribution in [1.29, 1.82) is 0 Å². The summed E-state index contributed by atoms with van der Waals surface area (Å²) in [6, 6.07) is 5.32. The first-order chi connectivity index (χ1) is 8.24. The molecule has 0 aromatic carbocycles. The minimum atomic E-state index is 0.411. The molecule has 6 heteroatoms. The summed E-state index contributed by atoms with van der Waals surface area (Å²) in [5, 5.41) is 4.60. The highest BCUT2D eigenvalue weighted by Gasteiger charge is 2.07. The maximum absolute atomic E-state index is 5.87. The maximum Gasteiger partial charge on any atom is 0.154 e. The lowest BCUT2D eigenvalue weighted by molar-refractivity contribution is 0.942. The zero-order chi connectivity index (χ0) is 11.8. The molecule has 0 aliphatic rings. The van der Waals surface area contributed by atoms with Gasteiger partial charge in [-0.25, -0.2) is 9.50 Å². The van der Waals surface area contributed by atoms with Crippen molar-refractivity contribution in [2.24, 2.45) is 0 Å². The van der Waals surface area contributed by atoms with Crippen molar-refractivity contribution in [3.8, 4) is 11.3 Å². The average molecular weight is 246 g/mol. The fourth-order valence-corrected chi connectivity index (χ4v) is 1.78. The average Bonchev–Trinajstić information content (AvgIpc) is 2.71. The number of hydrogen-bond acceptors (Lipinski definition) is 4. The third kappa shape index (κ3) is 1.70. The van der Waals surface area contributed by atoms with Crippen LogP contribution in [0.4, 0.5) is 5.69 Å². The third-order valence-corrected chi connectivity index (χ3v) is 2.59. The van der Waals surface area contributed by atoms with Gasteiger partial charge < -0.3 is 5.73 Å². The number of nitrogen functional groups attached to an aromatic ring is 1. The van der Waals surface area contributed by atoms with Gasteiger partial charge in [0.15, 0.2) is 5.65 Å². The van der Waals surface area contributed by atoms with Gasteiger partial charge in [0.1, 0.15) is 5.15 Å². The minimum Gasteiger partial charge on any atom is -0.397 e. The molecule has 0 spiro atoms. The molecule has 2 N–H and O–H groups in total. The smallest absolute Gasteiger partial charge is 0.154 e. The zero-order valence-electron chi connectivity index (χ0n) is 8.71. The first kappa shape index (κ1) is 10.0. The Bertz CT molecular complexity index is 691. The largest absolute Gasteiger partial charge is 0.397 e. The van der Waals surface area contributed by atoms with Crippen molar-refractivity contribution in [3.63, 3.8) is 0 Å². The Morgan fingerprint density at radius 3 is 2.88 bits per heavy atom. The van der Waals surface area contributed by atoms with Crippen LogP contribution in [0.3, 0.4) is 0 Å². The van der Waals surface area contributed by atoms with Gasteiger partial charge >= 0.3 is 0 Å². The number of nitrogens with two attached hydrogens (primary N) is 1. The number of aromatic nitrogens is 4. The number of imidazole rings is 1. The molecule has 0 radical (unpaired) electrons. The lowest BCUT2D eigenvalue weighted by Crippen LogP contribution is -1.95. The highest BCUT2D eigenvalue weighted by atomic mass is 35.5. The van der Waals surface area contributed by atoms with Crippen molar-refractivity contribution in [3.05, 3.63) is 41.9 Å². The van der Waals surface area contributed by atoms with Crippen molar-refractivity contribution in [2.45, 2.75) is 0 Å². The van der Waals surface area contributed by atoms with Crippen molar-refractivity contribution >= 4 is 22.9 Å². The van der Waals surface area contributed by atoms with Crippen molar-refractivity contribution in [1.82, 2.24) is 19.6 Å². The van der Waals surface area contributed by atoms with E-state index >= 15 is 0 Å². The Morgan fingerprint density at radius 2 is 2.06 bits per heavy atom. The molecule has 0 unspecified atom stereocenters. The molecule has 0 aliphatic carbocycles. The molecule has 0 fully saturated rings. The fraction of sp³-hybridized carbons (Fsp3) is 0. The van der Waals surface area contributed by atoms with Crippen LogP contribution >= 0.6 is 11.6 Å². The van der Waals surface area contributed by atoms with E-state index < -0.39 is 0 Å². The van der Waals surface area contributed by atoms with Crippen molar-refractivity contribution < 1.29 is 0 Å². The molecule has 84 valence electrons. The van der Waals surface area contributed by atoms with E-state index in [9.17, 15) is 0 Å². The molecule has 0 atom stereocenters. The Morgan fingerprint density at radius 1 is 1.18 bits per heavy atom. The second kappa shape index (κ2) is 3.71. The van der Waals surface area contributed by atoms with Gasteiger partial charge in [0.05, 0.1) is 17.6 Å². The molecule has 17 heavy (non-hydrogen) atoms. The van der Waals surface area contributed by atoms with Crippen LogP contribution in [0.1, 0.15) is 0 Å². The molecular formula is C11H8ClN5. The molecule has 0 bridgehead atoms. The van der Waals surface area contributed by atoms with E-state index in [1.54, 1.807) is 35.2 Å². The van der Waals surface area contributed by atoms with Crippen LogP contribution in [0.2, 0.25) is 5.15 Å². The van der Waals surface area contributed by atoms with E-state index in [1.165, 1.54) is 0 Å². The lowest BCUT2D eigenvalue weighted by atomic mass is 10.2. The molecule has 3 aromatic heterocycles. The number of anilines is 1. The van der Waals surface area contributed by atoms with E-state index in [4.69, 9.17) is 17.3 Å². The van der Waals surface area contributed by atoms with E-state index in [0.717, 1.165) is 16.9 Å². The second-order valence-electron chi connectivity index (χ2n) is 3.58. The monoisotopic (exact) mass is 245 g/mol. The number of halogens is 1. The van der Waals surface area contributed by atoms with Gasteiger partial charge in [0.2, 0.25) is 0 Å². The van der Waals surface area contributed by atoms with Gasteiger partial charge in [-0.15, -0.1) is 0 Å². The quantitative estimate of drug-likeness (QED) is 0.712. The predicted molar refractivity (Wildman–Crippen MR) is 65.6 cm³/mol. The van der Waals surface area contributed by atoms with E-state index in [-0.39, 0.29) is 0 Å². The van der Waals surface area contributed by atoms with Crippen LogP contribution in [-0.4, -0.2) is 19.6 Å². The van der Waals surface area contributed by atoms with Gasteiger partial charge in [0.25, 0.3) is 0 Å². The Labute approximate surface area is 102 Å². The zero-order valence-corrected chi connectivity index (χ0v) is 9.46. The number of nitrogens with zero attached hydrogens (tertiary/aromatic N) is 4. The molecule has 0 saturated carbocycles. The van der Waals surface area contributed by atoms with E-state index in [0.29, 0.717) is 10.8 Å². The first-order valence-electron chi connectivity index (χ1n) is 4.95. The summed E-state index contributed by atoms with van der Waals surface area (Å²) in [6.45, 7) is 0. The highest BCUT2D eigenvalue weighted by molar-refractivity contribution is 6.29. The third-order valence-electron chi connectivity index (χ3n) is 2.38. The van der Waals surface area contributed by atoms with Crippen LogP contribution in [0.15, 0.2) is 36.8 Å². The van der Waals surface area contributed by atoms with Crippen molar-refractivity contribution in [2.75, 3.05) is 5.73 Å². The summed E-state index contributed by atoms with van der Waals surface area (Å²) in [5.74, 6) is 0. The molecule has 5 nitrogen and oxygen atoms in total. The fourth-order valence-electron chi connectivity index (χ4n) is 1.65. The Balaban J connectivity index is 2.27. The topological polar surface area (TPSA) is 69.1 Å². The molecule has 0 saturated heterocycles. The van der Waals surface area contributed by atoms with Crippen LogP contribution in [0.5, 0.6) is 0 Å². The van der Waals surface area contributed by atoms with Crippen LogP contribution in [0, 0.1) is 0 Å². The number of rotatable bonds is 1.